The van der Waals surface area contributed by atoms with Gasteiger partial charge >= 0.3 is 0 Å². The van der Waals surface area contributed by atoms with Crippen molar-refractivity contribution in [3.05, 3.63) is 29.3 Å². The lowest BCUT2D eigenvalue weighted by atomic mass is 10.1. The Bertz CT molecular complexity index is 619. The highest BCUT2D eigenvalue weighted by atomic mass is 32.2. The molecule has 1 aromatic carbocycles. The molecular weight excluding hydrogens is 262 g/mol. The first kappa shape index (κ1) is 14.0. The van der Waals surface area contributed by atoms with Crippen LogP contribution in [0.4, 0.5) is 0 Å². The zero-order valence-electron chi connectivity index (χ0n) is 11.0. The van der Waals surface area contributed by atoms with Crippen LogP contribution in [0.5, 0.6) is 0 Å². The van der Waals surface area contributed by atoms with Crippen LogP contribution in [0.3, 0.4) is 0 Å². The Morgan fingerprint density at radius 1 is 1.47 bits per heavy atom. The second-order valence-electron chi connectivity index (χ2n) is 4.76. The Labute approximate surface area is 113 Å². The molecular formula is C13H17N3O2S. The van der Waals surface area contributed by atoms with Crippen LogP contribution in [0, 0.1) is 18.3 Å². The quantitative estimate of drug-likeness (QED) is 0.871. The maximum Gasteiger partial charge on any atom is 0.243 e. The fourth-order valence-electron chi connectivity index (χ4n) is 2.24. The Kier molecular flexibility index (Phi) is 3.90. The fourth-order valence-corrected chi connectivity index (χ4v) is 3.95. The van der Waals surface area contributed by atoms with Gasteiger partial charge in [-0.25, -0.2) is 8.42 Å². The topological polar surface area (TPSA) is 73.2 Å². The second kappa shape index (κ2) is 5.29. The predicted octanol–water partition coefficient (Wildman–Crippen LogP) is 0.849. The van der Waals surface area contributed by atoms with Gasteiger partial charge in [-0.15, -0.1) is 0 Å². The van der Waals surface area contributed by atoms with E-state index < -0.39 is 10.0 Å². The molecule has 0 amide bonds. The van der Waals surface area contributed by atoms with Gasteiger partial charge in [0.15, 0.2) is 0 Å². The van der Waals surface area contributed by atoms with Crippen molar-refractivity contribution in [2.24, 2.45) is 0 Å². The molecule has 6 heteroatoms. The number of piperazine rings is 1. The summed E-state index contributed by atoms with van der Waals surface area (Å²) in [7, 11) is -3.47. The van der Waals surface area contributed by atoms with Crippen LogP contribution in [0.15, 0.2) is 23.1 Å². The van der Waals surface area contributed by atoms with Crippen LogP contribution in [0.1, 0.15) is 18.1 Å². The van der Waals surface area contributed by atoms with Gasteiger partial charge in [-0.3, -0.25) is 0 Å². The molecule has 5 nitrogen and oxygen atoms in total. The van der Waals surface area contributed by atoms with Crippen molar-refractivity contribution >= 4 is 10.0 Å². The first-order valence-corrected chi connectivity index (χ1v) is 7.64. The molecule has 1 N–H and O–H groups in total. The molecule has 102 valence electrons. The summed E-state index contributed by atoms with van der Waals surface area (Å²) in [4.78, 5) is 0.262. The molecule has 0 aromatic heterocycles. The molecule has 1 fully saturated rings. The molecule has 1 aromatic rings. The number of aryl methyl sites for hydroxylation is 1. The molecule has 0 aliphatic carbocycles. The minimum absolute atomic E-state index is 0.0605. The average molecular weight is 279 g/mol. The van der Waals surface area contributed by atoms with E-state index in [2.05, 4.69) is 5.32 Å². The maximum absolute atomic E-state index is 12.6. The summed E-state index contributed by atoms with van der Waals surface area (Å²) in [5.41, 5.74) is 1.19. The number of nitriles is 1. The molecule has 2 rings (SSSR count). The minimum atomic E-state index is -3.47. The molecule has 0 saturated carbocycles. The predicted molar refractivity (Wildman–Crippen MR) is 72.1 cm³/mol. The van der Waals surface area contributed by atoms with Crippen molar-refractivity contribution in [1.29, 1.82) is 5.26 Å². The van der Waals surface area contributed by atoms with Crippen LogP contribution in [-0.2, 0) is 10.0 Å². The average Bonchev–Trinajstić information content (AvgIpc) is 2.39. The summed E-state index contributed by atoms with van der Waals surface area (Å²) < 4.78 is 26.6. The van der Waals surface area contributed by atoms with Gasteiger partial charge < -0.3 is 5.32 Å². The summed E-state index contributed by atoms with van der Waals surface area (Å²) in [5, 5.41) is 12.1. The molecule has 1 aliphatic heterocycles. The Hall–Kier alpha value is -1.42. The van der Waals surface area contributed by atoms with E-state index in [4.69, 9.17) is 5.26 Å². The number of rotatable bonds is 2. The fraction of sp³-hybridized carbons (Fsp3) is 0.462. The lowest BCUT2D eigenvalue weighted by Crippen LogP contribution is -2.52. The van der Waals surface area contributed by atoms with Crippen LogP contribution in [0.2, 0.25) is 0 Å². The zero-order valence-corrected chi connectivity index (χ0v) is 11.9. The minimum Gasteiger partial charge on any atom is -0.314 e. The van der Waals surface area contributed by atoms with Gasteiger partial charge in [0.25, 0.3) is 0 Å². The maximum atomic E-state index is 12.6. The monoisotopic (exact) mass is 279 g/mol. The Morgan fingerprint density at radius 3 is 2.79 bits per heavy atom. The van der Waals surface area contributed by atoms with E-state index in [0.717, 1.165) is 0 Å². The lowest BCUT2D eigenvalue weighted by molar-refractivity contribution is 0.284. The van der Waals surface area contributed by atoms with Gasteiger partial charge in [-0.1, -0.05) is 0 Å². The molecule has 0 bridgehead atoms. The summed E-state index contributed by atoms with van der Waals surface area (Å²) in [6.45, 7) is 5.44. The molecule has 0 radical (unpaired) electrons. The summed E-state index contributed by atoms with van der Waals surface area (Å²) in [5.74, 6) is 0. The van der Waals surface area contributed by atoms with Crippen LogP contribution >= 0.6 is 0 Å². The van der Waals surface area contributed by atoms with E-state index in [1.807, 2.05) is 13.0 Å². The summed E-state index contributed by atoms with van der Waals surface area (Å²) >= 11 is 0. The normalized spacial score (nSPS) is 21.0. The molecule has 1 atom stereocenters. The Balaban J connectivity index is 2.39. The molecule has 1 saturated heterocycles. The molecule has 19 heavy (non-hydrogen) atoms. The standard InChI is InChI=1S/C13H17N3O2S/c1-10-7-13(4-3-12(10)8-14)19(17,18)16-6-5-15-9-11(16)2/h3-4,7,11,15H,5-6,9H2,1-2H3/t11-/m0/s1. The highest BCUT2D eigenvalue weighted by Gasteiger charge is 2.30. The van der Waals surface area contributed by atoms with E-state index in [1.165, 1.54) is 10.4 Å². The van der Waals surface area contributed by atoms with E-state index in [9.17, 15) is 8.42 Å². The SMILES string of the molecule is Cc1cc(S(=O)(=O)N2CCNC[C@@H]2C)ccc1C#N. The van der Waals surface area contributed by atoms with Gasteiger partial charge in [-0.05, 0) is 37.6 Å². The van der Waals surface area contributed by atoms with E-state index >= 15 is 0 Å². The number of benzene rings is 1. The number of nitrogens with one attached hydrogen (secondary N) is 1. The van der Waals surface area contributed by atoms with Gasteiger partial charge in [0.05, 0.1) is 16.5 Å². The summed E-state index contributed by atoms with van der Waals surface area (Å²) in [6.07, 6.45) is 0. The third-order valence-corrected chi connectivity index (χ3v) is 5.37. The van der Waals surface area contributed by atoms with Crippen molar-refractivity contribution < 1.29 is 8.42 Å². The smallest absolute Gasteiger partial charge is 0.243 e. The number of sulfonamides is 1. The van der Waals surface area contributed by atoms with Crippen molar-refractivity contribution in [2.45, 2.75) is 24.8 Å². The number of hydrogen-bond acceptors (Lipinski definition) is 4. The van der Waals surface area contributed by atoms with E-state index in [-0.39, 0.29) is 10.9 Å². The van der Waals surface area contributed by atoms with Crippen molar-refractivity contribution in [3.63, 3.8) is 0 Å². The molecule has 0 spiro atoms. The van der Waals surface area contributed by atoms with Crippen LogP contribution in [0.25, 0.3) is 0 Å². The highest BCUT2D eigenvalue weighted by molar-refractivity contribution is 7.89. The largest absolute Gasteiger partial charge is 0.314 e. The van der Waals surface area contributed by atoms with Crippen molar-refractivity contribution in [2.75, 3.05) is 19.6 Å². The van der Waals surface area contributed by atoms with Gasteiger partial charge in [0.1, 0.15) is 0 Å². The van der Waals surface area contributed by atoms with Crippen molar-refractivity contribution in [3.8, 4) is 6.07 Å². The molecule has 1 aliphatic rings. The van der Waals surface area contributed by atoms with Crippen molar-refractivity contribution in [1.82, 2.24) is 9.62 Å². The lowest BCUT2D eigenvalue weighted by Gasteiger charge is -2.32. The van der Waals surface area contributed by atoms with Gasteiger partial charge in [-0.2, -0.15) is 9.57 Å². The highest BCUT2D eigenvalue weighted by Crippen LogP contribution is 2.21. The van der Waals surface area contributed by atoms with Crippen LogP contribution in [-0.4, -0.2) is 38.4 Å². The third kappa shape index (κ3) is 2.63. The van der Waals surface area contributed by atoms with E-state index in [0.29, 0.717) is 30.8 Å². The zero-order chi connectivity index (χ0) is 14.0. The second-order valence-corrected chi connectivity index (χ2v) is 6.65. The van der Waals surface area contributed by atoms with Crippen LogP contribution < -0.4 is 5.32 Å². The first-order chi connectivity index (χ1) is 8.96. The first-order valence-electron chi connectivity index (χ1n) is 6.20. The van der Waals surface area contributed by atoms with E-state index in [1.54, 1.807) is 19.1 Å². The summed E-state index contributed by atoms with van der Waals surface area (Å²) in [6, 6.07) is 6.63. The number of nitrogens with zero attached hydrogens (tertiary/aromatic N) is 2. The Morgan fingerprint density at radius 2 is 2.21 bits per heavy atom. The molecule has 1 heterocycles. The van der Waals surface area contributed by atoms with Gasteiger partial charge in [0.2, 0.25) is 10.0 Å². The molecule has 0 unspecified atom stereocenters. The number of hydrogen-bond donors (Lipinski definition) is 1. The third-order valence-electron chi connectivity index (χ3n) is 3.37. The van der Waals surface area contributed by atoms with Gasteiger partial charge in [0, 0.05) is 25.7 Å².